The van der Waals surface area contributed by atoms with Gasteiger partial charge in [-0.2, -0.15) is 0 Å². The van der Waals surface area contributed by atoms with Gasteiger partial charge in [-0.1, -0.05) is 47.5 Å². The molecule has 2 amide bonds. The third-order valence-electron chi connectivity index (χ3n) is 6.26. The number of carbonyl (C=O) groups is 2. The minimum absolute atomic E-state index is 0.0339. The van der Waals surface area contributed by atoms with Gasteiger partial charge in [0.1, 0.15) is 24.2 Å². The molecule has 3 aromatic carbocycles. The maximum absolute atomic E-state index is 14.7. The molecule has 0 unspecified atom stereocenters. The van der Waals surface area contributed by atoms with Gasteiger partial charge >= 0.3 is 0 Å². The van der Waals surface area contributed by atoms with Crippen LogP contribution in [0.15, 0.2) is 71.6 Å². The van der Waals surface area contributed by atoms with Crippen molar-refractivity contribution in [1.82, 2.24) is 10.2 Å². The second-order valence-corrected chi connectivity index (χ2v) is 13.0. The van der Waals surface area contributed by atoms with Crippen molar-refractivity contribution in [1.29, 1.82) is 0 Å². The van der Waals surface area contributed by atoms with Gasteiger partial charge in [-0.3, -0.25) is 13.9 Å². The molecule has 0 fully saturated rings. The van der Waals surface area contributed by atoms with E-state index in [-0.39, 0.29) is 33.5 Å². The number of nitrogens with one attached hydrogen (secondary N) is 1. The van der Waals surface area contributed by atoms with E-state index in [1.54, 1.807) is 39.0 Å². The van der Waals surface area contributed by atoms with Crippen molar-refractivity contribution in [3.05, 3.63) is 88.7 Å². The van der Waals surface area contributed by atoms with E-state index in [9.17, 15) is 22.4 Å². The van der Waals surface area contributed by atoms with Crippen LogP contribution in [0.1, 0.15) is 38.8 Å². The summed E-state index contributed by atoms with van der Waals surface area (Å²) < 4.78 is 49.0. The lowest BCUT2D eigenvalue weighted by Crippen LogP contribution is -2.54. The van der Waals surface area contributed by atoms with Crippen LogP contribution >= 0.6 is 11.6 Å². The quantitative estimate of drug-likeness (QED) is 0.338. The minimum atomic E-state index is -4.33. The molecule has 41 heavy (non-hydrogen) atoms. The summed E-state index contributed by atoms with van der Waals surface area (Å²) in [6.07, 6.45) is 0. The summed E-state index contributed by atoms with van der Waals surface area (Å²) in [6, 6.07) is 15.4. The number of anilines is 1. The highest BCUT2D eigenvalue weighted by molar-refractivity contribution is 7.92. The molecule has 3 aromatic rings. The van der Waals surface area contributed by atoms with E-state index in [1.807, 2.05) is 6.92 Å². The van der Waals surface area contributed by atoms with Crippen molar-refractivity contribution in [2.45, 2.75) is 57.6 Å². The van der Waals surface area contributed by atoms with E-state index in [0.29, 0.717) is 0 Å². The van der Waals surface area contributed by atoms with Crippen molar-refractivity contribution >= 4 is 39.1 Å². The average molecular weight is 604 g/mol. The summed E-state index contributed by atoms with van der Waals surface area (Å²) >= 11 is 6.25. The summed E-state index contributed by atoms with van der Waals surface area (Å²) in [5, 5.41) is 3.05. The lowest BCUT2D eigenvalue weighted by atomic mass is 10.1. The molecule has 8 nitrogen and oxygen atoms in total. The van der Waals surface area contributed by atoms with Crippen molar-refractivity contribution < 1.29 is 27.1 Å². The Morgan fingerprint density at radius 1 is 1.05 bits per heavy atom. The van der Waals surface area contributed by atoms with Crippen LogP contribution in [0.2, 0.25) is 5.02 Å². The lowest BCUT2D eigenvalue weighted by Gasteiger charge is -2.33. The second-order valence-electron chi connectivity index (χ2n) is 10.7. The van der Waals surface area contributed by atoms with Crippen molar-refractivity contribution in [3.8, 4) is 5.75 Å². The molecule has 1 N–H and O–H groups in total. The molecule has 0 heterocycles. The van der Waals surface area contributed by atoms with Crippen LogP contribution in [0.4, 0.5) is 10.1 Å². The van der Waals surface area contributed by atoms with Crippen LogP contribution in [-0.2, 0) is 26.2 Å². The van der Waals surface area contributed by atoms with Crippen LogP contribution in [0, 0.1) is 12.7 Å². The fourth-order valence-corrected chi connectivity index (χ4v) is 5.66. The first-order valence-electron chi connectivity index (χ1n) is 12.9. The van der Waals surface area contributed by atoms with Gasteiger partial charge in [-0.05, 0) is 71.0 Å². The largest absolute Gasteiger partial charge is 0.495 e. The molecule has 0 aliphatic heterocycles. The average Bonchev–Trinajstić information content (AvgIpc) is 2.90. The third-order valence-corrected chi connectivity index (χ3v) is 8.27. The number of hydrogen-bond donors (Lipinski definition) is 1. The monoisotopic (exact) mass is 603 g/mol. The summed E-state index contributed by atoms with van der Waals surface area (Å²) in [5.74, 6) is -1.61. The maximum atomic E-state index is 14.7. The second kappa shape index (κ2) is 12.9. The number of hydrogen-bond acceptors (Lipinski definition) is 5. The van der Waals surface area contributed by atoms with E-state index in [1.165, 1.54) is 62.6 Å². The molecule has 220 valence electrons. The highest BCUT2D eigenvalue weighted by Gasteiger charge is 2.35. The first kappa shape index (κ1) is 31.9. The van der Waals surface area contributed by atoms with E-state index < -0.39 is 45.8 Å². The van der Waals surface area contributed by atoms with Gasteiger partial charge in [0.25, 0.3) is 10.0 Å². The Bertz CT molecular complexity index is 1510. The first-order valence-corrected chi connectivity index (χ1v) is 14.7. The topological polar surface area (TPSA) is 96.0 Å². The summed E-state index contributed by atoms with van der Waals surface area (Å²) in [6.45, 7) is 7.73. The molecule has 0 aliphatic carbocycles. The molecule has 0 bridgehead atoms. The number of nitrogens with zero attached hydrogens (tertiary/aromatic N) is 2. The number of rotatable bonds is 10. The SMILES string of the molecule is COc1ccc(Cl)cc1N(CC(=O)N(Cc1ccccc1F)[C@H](C)C(=O)NC(C)(C)C)S(=O)(=O)c1ccc(C)cc1. The number of sulfonamides is 1. The molecule has 0 saturated heterocycles. The first-order chi connectivity index (χ1) is 19.1. The van der Waals surface area contributed by atoms with Gasteiger partial charge in [0.2, 0.25) is 11.8 Å². The van der Waals surface area contributed by atoms with Crippen molar-refractivity contribution in [2.75, 3.05) is 18.0 Å². The Balaban J connectivity index is 2.12. The smallest absolute Gasteiger partial charge is 0.264 e. The summed E-state index contributed by atoms with van der Waals surface area (Å²) in [5.41, 5.74) is 0.449. The van der Waals surface area contributed by atoms with Gasteiger partial charge < -0.3 is 15.0 Å². The van der Waals surface area contributed by atoms with Gasteiger partial charge in [0.15, 0.2) is 0 Å². The normalized spacial score (nSPS) is 12.4. The van der Waals surface area contributed by atoms with Gasteiger partial charge in [-0.25, -0.2) is 12.8 Å². The maximum Gasteiger partial charge on any atom is 0.264 e. The highest BCUT2D eigenvalue weighted by Crippen LogP contribution is 2.35. The van der Waals surface area contributed by atoms with Gasteiger partial charge in [0, 0.05) is 22.7 Å². The summed E-state index contributed by atoms with van der Waals surface area (Å²) in [7, 11) is -2.96. The number of methoxy groups -OCH3 is 1. The Kier molecular flexibility index (Phi) is 10.0. The molecule has 0 saturated carbocycles. The number of benzene rings is 3. The third kappa shape index (κ3) is 7.98. The van der Waals surface area contributed by atoms with E-state index >= 15 is 0 Å². The standard InChI is InChI=1S/C30H35ClFN3O5S/c1-20-11-14-24(15-12-20)41(38,39)35(26-17-23(31)13-16-27(26)40-6)19-28(36)34(18-22-9-7-8-10-25(22)32)21(2)29(37)33-30(3,4)5/h7-17,21H,18-19H2,1-6H3,(H,33,37)/t21-/m1/s1. The fourth-order valence-electron chi connectivity index (χ4n) is 4.08. The van der Waals surface area contributed by atoms with Crippen LogP contribution in [0.25, 0.3) is 0 Å². The molecule has 0 spiro atoms. The predicted molar refractivity (Wildman–Crippen MR) is 158 cm³/mol. The van der Waals surface area contributed by atoms with Crippen LogP contribution in [-0.4, -0.2) is 50.4 Å². The highest BCUT2D eigenvalue weighted by atomic mass is 35.5. The zero-order valence-corrected chi connectivity index (χ0v) is 25.5. The molecule has 3 rings (SSSR count). The molecule has 0 aromatic heterocycles. The number of ether oxygens (including phenoxy) is 1. The molecular weight excluding hydrogens is 569 g/mol. The zero-order valence-electron chi connectivity index (χ0n) is 23.9. The fraction of sp³-hybridized carbons (Fsp3) is 0.333. The van der Waals surface area contributed by atoms with Crippen molar-refractivity contribution in [3.63, 3.8) is 0 Å². The van der Waals surface area contributed by atoms with E-state index in [2.05, 4.69) is 5.32 Å². The Hall–Kier alpha value is -3.63. The summed E-state index contributed by atoms with van der Waals surface area (Å²) in [4.78, 5) is 28.3. The van der Waals surface area contributed by atoms with Crippen LogP contribution < -0.4 is 14.4 Å². The molecule has 0 radical (unpaired) electrons. The number of halogens is 2. The van der Waals surface area contributed by atoms with Crippen LogP contribution in [0.5, 0.6) is 5.75 Å². The predicted octanol–water partition coefficient (Wildman–Crippen LogP) is 5.32. The Labute approximate surface area is 246 Å². The number of amides is 2. The Morgan fingerprint density at radius 2 is 1.68 bits per heavy atom. The van der Waals surface area contributed by atoms with Gasteiger partial charge in [0.05, 0.1) is 17.7 Å². The number of aryl methyl sites for hydroxylation is 1. The number of carbonyl (C=O) groups excluding carboxylic acids is 2. The zero-order chi connectivity index (χ0) is 30.5. The van der Waals surface area contributed by atoms with E-state index in [0.717, 1.165) is 14.8 Å². The van der Waals surface area contributed by atoms with Crippen molar-refractivity contribution in [2.24, 2.45) is 0 Å². The lowest BCUT2D eigenvalue weighted by molar-refractivity contribution is -0.140. The van der Waals surface area contributed by atoms with E-state index in [4.69, 9.17) is 16.3 Å². The molecule has 1 atom stereocenters. The molecular formula is C30H35ClFN3O5S. The van der Waals surface area contributed by atoms with Crippen LogP contribution in [0.3, 0.4) is 0 Å². The minimum Gasteiger partial charge on any atom is -0.495 e. The molecule has 0 aliphatic rings. The Morgan fingerprint density at radius 3 is 2.27 bits per heavy atom. The van der Waals surface area contributed by atoms with Gasteiger partial charge in [-0.15, -0.1) is 0 Å². The molecule has 11 heteroatoms.